The summed E-state index contributed by atoms with van der Waals surface area (Å²) in [7, 11) is 0. The second kappa shape index (κ2) is 5.92. The summed E-state index contributed by atoms with van der Waals surface area (Å²) in [5, 5.41) is 0. The zero-order valence-corrected chi connectivity index (χ0v) is 14.0. The fourth-order valence-electron chi connectivity index (χ4n) is 3.67. The Morgan fingerprint density at radius 1 is 1.27 bits per heavy atom. The fraction of sp³-hybridized carbons (Fsp3) is 0.611. The molecule has 0 spiro atoms. The molecule has 4 nitrogen and oxygen atoms in total. The molecule has 1 fully saturated rings. The molecule has 120 valence electrons. The highest BCUT2D eigenvalue weighted by atomic mass is 16.5. The van der Waals surface area contributed by atoms with Gasteiger partial charge in [0.25, 0.3) is 0 Å². The fourth-order valence-corrected chi connectivity index (χ4v) is 3.67. The first-order chi connectivity index (χ1) is 10.5. The minimum absolute atomic E-state index is 0.132. The summed E-state index contributed by atoms with van der Waals surface area (Å²) < 4.78 is 5.63. The second-order valence-corrected chi connectivity index (χ2v) is 6.75. The number of fused-ring (bicyclic) bond motifs is 1. The summed E-state index contributed by atoms with van der Waals surface area (Å²) in [5.41, 5.74) is 3.62. The lowest BCUT2D eigenvalue weighted by atomic mass is 9.87. The Kier molecular flexibility index (Phi) is 4.13. The number of morpholine rings is 1. The summed E-state index contributed by atoms with van der Waals surface area (Å²) in [4.78, 5) is 16.4. The van der Waals surface area contributed by atoms with Crippen molar-refractivity contribution < 1.29 is 9.53 Å². The molecule has 0 aliphatic carbocycles. The van der Waals surface area contributed by atoms with Crippen LogP contribution in [0.1, 0.15) is 33.3 Å². The molecule has 3 atom stereocenters. The van der Waals surface area contributed by atoms with Crippen molar-refractivity contribution in [1.82, 2.24) is 0 Å². The number of nitrogens with zero attached hydrogens (tertiary/aromatic N) is 2. The van der Waals surface area contributed by atoms with Gasteiger partial charge >= 0.3 is 0 Å². The van der Waals surface area contributed by atoms with E-state index in [-0.39, 0.29) is 18.1 Å². The van der Waals surface area contributed by atoms with Gasteiger partial charge in [-0.15, -0.1) is 0 Å². The van der Waals surface area contributed by atoms with Crippen molar-refractivity contribution in [2.45, 2.75) is 46.3 Å². The van der Waals surface area contributed by atoms with E-state index in [1.807, 2.05) is 4.90 Å². The molecule has 4 heteroatoms. The van der Waals surface area contributed by atoms with E-state index in [2.05, 4.69) is 43.9 Å². The molecule has 0 radical (unpaired) electrons. The van der Waals surface area contributed by atoms with E-state index in [1.165, 1.54) is 11.3 Å². The molecule has 22 heavy (non-hydrogen) atoms. The number of carbonyl (C=O) groups excluding carboxylic acids is 1. The summed E-state index contributed by atoms with van der Waals surface area (Å²) in [5.74, 6) is 0.614. The lowest BCUT2D eigenvalue weighted by molar-refractivity contribution is -0.117. The third kappa shape index (κ3) is 2.72. The Morgan fingerprint density at radius 3 is 2.73 bits per heavy atom. The van der Waals surface area contributed by atoms with Gasteiger partial charge < -0.3 is 14.5 Å². The lowest BCUT2D eigenvalue weighted by Gasteiger charge is -2.40. The van der Waals surface area contributed by atoms with Gasteiger partial charge in [0.2, 0.25) is 5.91 Å². The van der Waals surface area contributed by atoms with E-state index in [9.17, 15) is 4.79 Å². The molecule has 1 saturated heterocycles. The van der Waals surface area contributed by atoms with Gasteiger partial charge in [0.05, 0.1) is 12.7 Å². The molecule has 0 N–H and O–H groups in total. The van der Waals surface area contributed by atoms with Crippen molar-refractivity contribution in [1.29, 1.82) is 0 Å². The van der Waals surface area contributed by atoms with Crippen molar-refractivity contribution >= 4 is 17.3 Å². The Labute approximate surface area is 133 Å². The molecular formula is C18H26N2O2. The topological polar surface area (TPSA) is 32.8 Å². The normalized spacial score (nSPS) is 28.5. The number of hydrogen-bond acceptors (Lipinski definition) is 3. The van der Waals surface area contributed by atoms with Crippen LogP contribution in [-0.2, 0) is 16.0 Å². The van der Waals surface area contributed by atoms with Gasteiger partial charge in [-0.2, -0.15) is 0 Å². The van der Waals surface area contributed by atoms with Crippen molar-refractivity contribution in [2.75, 3.05) is 29.5 Å². The Balaban J connectivity index is 1.93. The predicted octanol–water partition coefficient (Wildman–Crippen LogP) is 2.85. The van der Waals surface area contributed by atoms with Gasteiger partial charge in [-0.3, -0.25) is 4.79 Å². The number of benzene rings is 1. The van der Waals surface area contributed by atoms with Crippen LogP contribution in [0.3, 0.4) is 0 Å². The second-order valence-electron chi connectivity index (χ2n) is 6.75. The molecular weight excluding hydrogens is 276 g/mol. The first-order valence-electron chi connectivity index (χ1n) is 8.26. The number of ether oxygens (including phenoxy) is 1. The quantitative estimate of drug-likeness (QED) is 0.800. The first-order valence-corrected chi connectivity index (χ1v) is 8.26. The summed E-state index contributed by atoms with van der Waals surface area (Å²) in [6, 6.07) is 6.80. The molecule has 3 rings (SSSR count). The van der Waals surface area contributed by atoms with Crippen molar-refractivity contribution in [2.24, 2.45) is 5.92 Å². The molecule has 2 aliphatic rings. The number of rotatable bonds is 1. The Bertz CT molecular complexity index is 572. The summed E-state index contributed by atoms with van der Waals surface area (Å²) in [6.45, 7) is 10.8. The van der Waals surface area contributed by atoms with E-state index in [0.717, 1.165) is 31.8 Å². The van der Waals surface area contributed by atoms with E-state index in [4.69, 9.17) is 4.74 Å². The standard InChI is InChI=1S/C18H26N2O2/c1-12-9-16-10-17(19-7-8-22-13(2)11-19)5-6-18(16)20(14(12)3)15(4)21/h5-6,10,12-14H,7-9,11H2,1-4H3/t12?,13?,14-/m0/s1. The molecule has 0 aromatic heterocycles. The summed E-state index contributed by atoms with van der Waals surface area (Å²) >= 11 is 0. The van der Waals surface area contributed by atoms with Gasteiger partial charge in [-0.1, -0.05) is 6.92 Å². The van der Waals surface area contributed by atoms with Gasteiger partial charge in [0, 0.05) is 37.4 Å². The number of carbonyl (C=O) groups is 1. The van der Waals surface area contributed by atoms with E-state index < -0.39 is 0 Å². The average molecular weight is 302 g/mol. The maximum atomic E-state index is 12.0. The van der Waals surface area contributed by atoms with Crippen LogP contribution in [-0.4, -0.2) is 37.7 Å². The molecule has 1 aromatic carbocycles. The summed E-state index contributed by atoms with van der Waals surface area (Å²) in [6.07, 6.45) is 1.31. The third-order valence-electron chi connectivity index (χ3n) is 5.04. The van der Waals surface area contributed by atoms with Crippen LogP contribution in [0.4, 0.5) is 11.4 Å². The van der Waals surface area contributed by atoms with Crippen LogP contribution in [0.15, 0.2) is 18.2 Å². The molecule has 1 aromatic rings. The van der Waals surface area contributed by atoms with Gasteiger partial charge in [0.15, 0.2) is 0 Å². The molecule has 2 aliphatic heterocycles. The van der Waals surface area contributed by atoms with Crippen LogP contribution in [0.25, 0.3) is 0 Å². The first kappa shape index (κ1) is 15.3. The van der Waals surface area contributed by atoms with E-state index in [0.29, 0.717) is 5.92 Å². The molecule has 2 unspecified atom stereocenters. The predicted molar refractivity (Wildman–Crippen MR) is 89.6 cm³/mol. The average Bonchev–Trinajstić information content (AvgIpc) is 2.47. The molecule has 1 amide bonds. The van der Waals surface area contributed by atoms with Crippen LogP contribution in [0, 0.1) is 5.92 Å². The molecule has 0 bridgehead atoms. The lowest BCUT2D eigenvalue weighted by Crippen LogP contribution is -2.45. The van der Waals surface area contributed by atoms with E-state index in [1.54, 1.807) is 6.92 Å². The van der Waals surface area contributed by atoms with Gasteiger partial charge in [-0.05, 0) is 49.9 Å². The SMILES string of the molecule is CC(=O)N1c2ccc(N3CCOC(C)C3)cc2CC(C)[C@@H]1C. The number of amides is 1. The molecule has 2 heterocycles. The molecule has 0 saturated carbocycles. The largest absolute Gasteiger partial charge is 0.375 e. The zero-order valence-electron chi connectivity index (χ0n) is 14.0. The van der Waals surface area contributed by atoms with Crippen LogP contribution in [0.5, 0.6) is 0 Å². The maximum absolute atomic E-state index is 12.0. The van der Waals surface area contributed by atoms with Gasteiger partial charge in [-0.25, -0.2) is 0 Å². The van der Waals surface area contributed by atoms with Crippen molar-refractivity contribution in [3.8, 4) is 0 Å². The van der Waals surface area contributed by atoms with Crippen LogP contribution >= 0.6 is 0 Å². The smallest absolute Gasteiger partial charge is 0.224 e. The monoisotopic (exact) mass is 302 g/mol. The number of hydrogen-bond donors (Lipinski definition) is 0. The Morgan fingerprint density at radius 2 is 2.05 bits per heavy atom. The van der Waals surface area contributed by atoms with Crippen LogP contribution < -0.4 is 9.80 Å². The number of anilines is 2. The zero-order chi connectivity index (χ0) is 15.9. The highest BCUT2D eigenvalue weighted by molar-refractivity contribution is 5.94. The minimum atomic E-state index is 0.132. The Hall–Kier alpha value is -1.55. The van der Waals surface area contributed by atoms with Crippen molar-refractivity contribution in [3.05, 3.63) is 23.8 Å². The highest BCUT2D eigenvalue weighted by Gasteiger charge is 2.31. The van der Waals surface area contributed by atoms with Gasteiger partial charge in [0.1, 0.15) is 0 Å². The van der Waals surface area contributed by atoms with Crippen molar-refractivity contribution in [3.63, 3.8) is 0 Å². The van der Waals surface area contributed by atoms with Crippen LogP contribution in [0.2, 0.25) is 0 Å². The highest BCUT2D eigenvalue weighted by Crippen LogP contribution is 2.36. The minimum Gasteiger partial charge on any atom is -0.375 e. The van der Waals surface area contributed by atoms with E-state index >= 15 is 0 Å². The maximum Gasteiger partial charge on any atom is 0.224 e. The third-order valence-corrected chi connectivity index (χ3v) is 5.04.